The fourth-order valence-corrected chi connectivity index (χ4v) is 2.09. The molecule has 7 heteroatoms. The Morgan fingerprint density at radius 2 is 1.90 bits per heavy atom. The summed E-state index contributed by atoms with van der Waals surface area (Å²) in [5.41, 5.74) is 7.09. The van der Waals surface area contributed by atoms with Gasteiger partial charge in [-0.2, -0.15) is 0 Å². The molecule has 1 amide bonds. The summed E-state index contributed by atoms with van der Waals surface area (Å²) in [7, 11) is 0. The summed E-state index contributed by atoms with van der Waals surface area (Å²) < 4.78 is 13.3. The van der Waals surface area contributed by atoms with Gasteiger partial charge in [0, 0.05) is 5.69 Å². The van der Waals surface area contributed by atoms with Crippen LogP contribution in [-0.2, 0) is 0 Å². The Hall–Kier alpha value is -1.85. The van der Waals surface area contributed by atoms with Crippen LogP contribution < -0.4 is 11.1 Å². The molecule has 4 nitrogen and oxygen atoms in total. The van der Waals surface area contributed by atoms with Gasteiger partial charge in [-0.15, -0.1) is 0 Å². The van der Waals surface area contributed by atoms with Crippen LogP contribution in [0.3, 0.4) is 0 Å². The lowest BCUT2D eigenvalue weighted by atomic mass is 10.1. The van der Waals surface area contributed by atoms with Crippen molar-refractivity contribution in [3.63, 3.8) is 0 Å². The molecule has 0 saturated heterocycles. The molecule has 1 aromatic heterocycles. The van der Waals surface area contributed by atoms with Gasteiger partial charge in [-0.25, -0.2) is 4.39 Å². The van der Waals surface area contributed by atoms with Crippen molar-refractivity contribution in [2.75, 3.05) is 11.1 Å². The number of rotatable bonds is 2. The van der Waals surface area contributed by atoms with Crippen LogP contribution in [0.25, 0.3) is 0 Å². The van der Waals surface area contributed by atoms with Crippen LogP contribution in [0.1, 0.15) is 16.1 Å². The van der Waals surface area contributed by atoms with E-state index in [0.29, 0.717) is 16.9 Å². The van der Waals surface area contributed by atoms with E-state index in [2.05, 4.69) is 10.3 Å². The van der Waals surface area contributed by atoms with E-state index < -0.39 is 11.7 Å². The minimum atomic E-state index is -0.729. The van der Waals surface area contributed by atoms with E-state index >= 15 is 0 Å². The number of carbonyl (C=O) groups is 1. The normalized spacial score (nSPS) is 10.4. The molecule has 1 aromatic carbocycles. The van der Waals surface area contributed by atoms with Crippen molar-refractivity contribution >= 4 is 40.5 Å². The highest BCUT2D eigenvalue weighted by Gasteiger charge is 2.13. The third kappa shape index (κ3) is 3.00. The lowest BCUT2D eigenvalue weighted by Gasteiger charge is -2.09. The summed E-state index contributed by atoms with van der Waals surface area (Å²) in [6.45, 7) is 1.68. The minimum Gasteiger partial charge on any atom is -0.397 e. The molecule has 0 saturated carbocycles. The third-order valence-electron chi connectivity index (χ3n) is 2.59. The summed E-state index contributed by atoms with van der Waals surface area (Å²) >= 11 is 11.3. The second kappa shape index (κ2) is 5.64. The van der Waals surface area contributed by atoms with E-state index in [4.69, 9.17) is 28.9 Å². The van der Waals surface area contributed by atoms with E-state index in [0.717, 1.165) is 0 Å². The van der Waals surface area contributed by atoms with Crippen molar-refractivity contribution in [1.29, 1.82) is 0 Å². The van der Waals surface area contributed by atoms with E-state index in [1.165, 1.54) is 24.4 Å². The molecule has 0 fully saturated rings. The van der Waals surface area contributed by atoms with Crippen molar-refractivity contribution in [2.24, 2.45) is 0 Å². The average Bonchev–Trinajstić information content (AvgIpc) is 2.38. The summed E-state index contributed by atoms with van der Waals surface area (Å²) in [4.78, 5) is 16.1. The molecule has 20 heavy (non-hydrogen) atoms. The molecule has 0 spiro atoms. The number of nitrogen functional groups attached to an aromatic ring is 1. The van der Waals surface area contributed by atoms with Crippen LogP contribution >= 0.6 is 23.2 Å². The van der Waals surface area contributed by atoms with E-state index in [1.807, 2.05) is 0 Å². The van der Waals surface area contributed by atoms with Gasteiger partial charge in [0.2, 0.25) is 0 Å². The smallest absolute Gasteiger partial charge is 0.257 e. The quantitative estimate of drug-likeness (QED) is 0.831. The van der Waals surface area contributed by atoms with Crippen molar-refractivity contribution < 1.29 is 9.18 Å². The van der Waals surface area contributed by atoms with E-state index in [-0.39, 0.29) is 15.7 Å². The Balaban J connectivity index is 2.30. The first-order valence-electron chi connectivity index (χ1n) is 5.56. The Kier molecular flexibility index (Phi) is 4.11. The van der Waals surface area contributed by atoms with E-state index in [1.54, 1.807) is 6.92 Å². The fraction of sp³-hybridized carbons (Fsp3) is 0.0769. The number of aromatic nitrogens is 1. The van der Waals surface area contributed by atoms with Crippen LogP contribution in [0.15, 0.2) is 24.4 Å². The zero-order valence-corrected chi connectivity index (χ0v) is 11.9. The molecule has 0 unspecified atom stereocenters. The fourth-order valence-electron chi connectivity index (χ4n) is 1.61. The second-order valence-corrected chi connectivity index (χ2v) is 4.92. The SMILES string of the molecule is Cc1ncc(N)cc1C(=O)Nc1cc(Cl)c(F)c(Cl)c1. The molecule has 0 aliphatic carbocycles. The van der Waals surface area contributed by atoms with Crippen LogP contribution in [0.2, 0.25) is 10.0 Å². The van der Waals surface area contributed by atoms with Crippen molar-refractivity contribution in [2.45, 2.75) is 6.92 Å². The van der Waals surface area contributed by atoms with Gasteiger partial charge in [0.25, 0.3) is 5.91 Å². The molecule has 2 rings (SSSR count). The van der Waals surface area contributed by atoms with E-state index in [9.17, 15) is 9.18 Å². The molecular weight excluding hydrogens is 304 g/mol. The minimum absolute atomic E-state index is 0.171. The van der Waals surface area contributed by atoms with Gasteiger partial charge in [0.15, 0.2) is 5.82 Å². The Bertz CT molecular complexity index is 668. The number of hydrogen-bond donors (Lipinski definition) is 2. The number of carbonyl (C=O) groups excluding carboxylic acids is 1. The predicted octanol–water partition coefficient (Wildman–Crippen LogP) is 3.67. The third-order valence-corrected chi connectivity index (χ3v) is 3.14. The molecule has 0 aliphatic heterocycles. The Labute approximate surface area is 124 Å². The Morgan fingerprint density at radius 3 is 2.50 bits per heavy atom. The maximum Gasteiger partial charge on any atom is 0.257 e. The number of nitrogens with two attached hydrogens (primary N) is 1. The maximum atomic E-state index is 13.3. The summed E-state index contributed by atoms with van der Waals surface area (Å²) in [5.74, 6) is -1.16. The number of benzene rings is 1. The lowest BCUT2D eigenvalue weighted by Crippen LogP contribution is -2.14. The number of aryl methyl sites for hydroxylation is 1. The summed E-state index contributed by atoms with van der Waals surface area (Å²) in [6.07, 6.45) is 1.46. The largest absolute Gasteiger partial charge is 0.397 e. The number of halogens is 3. The molecule has 1 heterocycles. The molecule has 0 atom stereocenters. The zero-order valence-electron chi connectivity index (χ0n) is 10.4. The first-order chi connectivity index (χ1) is 9.38. The zero-order chi connectivity index (χ0) is 14.9. The van der Waals surface area contributed by atoms with Crippen LogP contribution in [0.4, 0.5) is 15.8 Å². The van der Waals surface area contributed by atoms with Crippen molar-refractivity contribution in [3.8, 4) is 0 Å². The van der Waals surface area contributed by atoms with Gasteiger partial charge in [0.1, 0.15) is 0 Å². The first kappa shape index (κ1) is 14.6. The number of anilines is 2. The molecule has 0 radical (unpaired) electrons. The van der Waals surface area contributed by atoms with Crippen molar-refractivity contribution in [3.05, 3.63) is 51.5 Å². The highest BCUT2D eigenvalue weighted by atomic mass is 35.5. The highest BCUT2D eigenvalue weighted by Crippen LogP contribution is 2.27. The summed E-state index contributed by atoms with van der Waals surface area (Å²) in [5, 5.41) is 2.22. The number of pyridine rings is 1. The predicted molar refractivity (Wildman–Crippen MR) is 77.8 cm³/mol. The topological polar surface area (TPSA) is 68.0 Å². The van der Waals surface area contributed by atoms with Gasteiger partial charge in [0.05, 0.1) is 33.2 Å². The number of nitrogens with one attached hydrogen (secondary N) is 1. The van der Waals surface area contributed by atoms with Gasteiger partial charge >= 0.3 is 0 Å². The van der Waals surface area contributed by atoms with Crippen molar-refractivity contribution in [1.82, 2.24) is 4.98 Å². The lowest BCUT2D eigenvalue weighted by molar-refractivity contribution is 0.102. The molecule has 2 aromatic rings. The molecule has 3 N–H and O–H groups in total. The standard InChI is InChI=1S/C13H10Cl2FN3O/c1-6-9(2-7(17)5-18-6)13(20)19-8-3-10(14)12(16)11(15)4-8/h2-5H,17H2,1H3,(H,19,20). The second-order valence-electron chi connectivity index (χ2n) is 4.11. The maximum absolute atomic E-state index is 13.3. The van der Waals surface area contributed by atoms with Gasteiger partial charge in [-0.1, -0.05) is 23.2 Å². The van der Waals surface area contributed by atoms with Crippen LogP contribution in [-0.4, -0.2) is 10.9 Å². The summed E-state index contributed by atoms with van der Waals surface area (Å²) in [6, 6.07) is 4.05. The molecule has 0 aliphatic rings. The number of nitrogens with zero attached hydrogens (tertiary/aromatic N) is 1. The monoisotopic (exact) mass is 313 g/mol. The number of hydrogen-bond acceptors (Lipinski definition) is 3. The van der Waals surface area contributed by atoms with Gasteiger partial charge in [-0.3, -0.25) is 9.78 Å². The molecule has 104 valence electrons. The van der Waals surface area contributed by atoms with Crippen LogP contribution in [0, 0.1) is 12.7 Å². The number of amides is 1. The van der Waals surface area contributed by atoms with Gasteiger partial charge < -0.3 is 11.1 Å². The Morgan fingerprint density at radius 1 is 1.30 bits per heavy atom. The average molecular weight is 314 g/mol. The molecule has 0 bridgehead atoms. The highest BCUT2D eigenvalue weighted by molar-refractivity contribution is 6.35. The van der Waals surface area contributed by atoms with Crippen LogP contribution in [0.5, 0.6) is 0 Å². The molecular formula is C13H10Cl2FN3O. The van der Waals surface area contributed by atoms with Gasteiger partial charge in [-0.05, 0) is 25.1 Å². The first-order valence-corrected chi connectivity index (χ1v) is 6.32.